The van der Waals surface area contributed by atoms with Crippen LogP contribution in [0.5, 0.6) is 5.75 Å². The molecule has 0 saturated carbocycles. The van der Waals surface area contributed by atoms with Crippen LogP contribution in [0, 0.1) is 0 Å². The Kier molecular flexibility index (Phi) is 5.79. The highest BCUT2D eigenvalue weighted by Gasteiger charge is 2.16. The number of phenolic OH excluding ortho intramolecular Hbond substituents is 1. The van der Waals surface area contributed by atoms with Gasteiger partial charge < -0.3 is 10.4 Å². The number of hydrogen-bond acceptors (Lipinski definition) is 4. The minimum atomic E-state index is 0.0167. The zero-order valence-electron chi connectivity index (χ0n) is 14.2. The Labute approximate surface area is 152 Å². The van der Waals surface area contributed by atoms with Crippen LogP contribution in [-0.4, -0.2) is 41.8 Å². The molecule has 0 bridgehead atoms. The molecule has 0 saturated heterocycles. The lowest BCUT2D eigenvalue weighted by molar-refractivity contribution is -0.117. The molecule has 0 radical (unpaired) electrons. The third kappa shape index (κ3) is 4.65. The molecule has 1 amide bonds. The van der Waals surface area contributed by atoms with Crippen LogP contribution in [0.3, 0.4) is 0 Å². The van der Waals surface area contributed by atoms with Gasteiger partial charge in [0.25, 0.3) is 0 Å². The minimum absolute atomic E-state index is 0.0167. The molecular weight excluding hydrogens is 332 g/mol. The zero-order valence-corrected chi connectivity index (χ0v) is 15.1. The number of thioether (sulfide) groups is 1. The lowest BCUT2D eigenvalue weighted by Gasteiger charge is -2.26. The van der Waals surface area contributed by atoms with Crippen LogP contribution in [0.4, 0.5) is 5.69 Å². The number of phenols is 1. The third-order valence-corrected chi connectivity index (χ3v) is 5.08. The number of amides is 1. The van der Waals surface area contributed by atoms with Gasteiger partial charge in [-0.2, -0.15) is 0 Å². The lowest BCUT2D eigenvalue weighted by Crippen LogP contribution is -2.36. The van der Waals surface area contributed by atoms with E-state index in [9.17, 15) is 9.90 Å². The largest absolute Gasteiger partial charge is 0.508 e. The first kappa shape index (κ1) is 17.6. The van der Waals surface area contributed by atoms with E-state index >= 15 is 0 Å². The van der Waals surface area contributed by atoms with Crippen molar-refractivity contribution in [1.29, 1.82) is 0 Å². The minimum Gasteiger partial charge on any atom is -0.508 e. The Hall–Kier alpha value is -2.24. The highest BCUT2D eigenvalue weighted by molar-refractivity contribution is 7.98. The summed E-state index contributed by atoms with van der Waals surface area (Å²) in [6.07, 6.45) is 5.07. The molecule has 2 N–H and O–H groups in total. The molecule has 3 rings (SSSR count). The SMILES string of the molecule is CSc1ccccc1NC(=O)CN1CC=C(c2ccc(O)cc2)CC1. The third-order valence-electron chi connectivity index (χ3n) is 4.28. The predicted octanol–water partition coefficient (Wildman–Crippen LogP) is 3.84. The molecule has 1 aliphatic rings. The molecule has 1 heterocycles. The smallest absolute Gasteiger partial charge is 0.238 e. The maximum absolute atomic E-state index is 12.3. The highest BCUT2D eigenvalue weighted by Crippen LogP contribution is 2.25. The fourth-order valence-electron chi connectivity index (χ4n) is 2.93. The van der Waals surface area contributed by atoms with Gasteiger partial charge in [0.1, 0.15) is 5.75 Å². The van der Waals surface area contributed by atoms with Crippen LogP contribution in [0.25, 0.3) is 5.57 Å². The fraction of sp³-hybridized carbons (Fsp3) is 0.250. The quantitative estimate of drug-likeness (QED) is 0.801. The fourth-order valence-corrected chi connectivity index (χ4v) is 3.49. The summed E-state index contributed by atoms with van der Waals surface area (Å²) in [6, 6.07) is 15.1. The molecule has 0 atom stereocenters. The maximum atomic E-state index is 12.3. The number of aromatic hydroxyl groups is 1. The van der Waals surface area contributed by atoms with Gasteiger partial charge in [0.15, 0.2) is 0 Å². The molecule has 0 aliphatic carbocycles. The average molecular weight is 354 g/mol. The van der Waals surface area contributed by atoms with Crippen LogP contribution < -0.4 is 5.32 Å². The van der Waals surface area contributed by atoms with E-state index in [1.165, 1.54) is 5.57 Å². The Morgan fingerprint density at radius 3 is 2.64 bits per heavy atom. The molecule has 0 aromatic heterocycles. The topological polar surface area (TPSA) is 52.6 Å². The zero-order chi connectivity index (χ0) is 17.6. The van der Waals surface area contributed by atoms with Crippen LogP contribution >= 0.6 is 11.8 Å². The van der Waals surface area contributed by atoms with E-state index in [1.807, 2.05) is 42.7 Å². The molecule has 1 aliphatic heterocycles. The second-order valence-electron chi connectivity index (χ2n) is 6.01. The molecule has 2 aromatic rings. The molecule has 130 valence electrons. The maximum Gasteiger partial charge on any atom is 0.238 e. The van der Waals surface area contributed by atoms with Gasteiger partial charge in [-0.3, -0.25) is 9.69 Å². The molecule has 2 aromatic carbocycles. The summed E-state index contributed by atoms with van der Waals surface area (Å²) in [5.74, 6) is 0.298. The molecular formula is C20H22N2O2S. The van der Waals surface area contributed by atoms with Crippen molar-refractivity contribution in [1.82, 2.24) is 4.90 Å². The molecule has 0 fully saturated rings. The number of carbonyl (C=O) groups is 1. The van der Waals surface area contributed by atoms with Crippen molar-refractivity contribution in [3.63, 3.8) is 0 Å². The monoisotopic (exact) mass is 354 g/mol. The Balaban J connectivity index is 1.56. The number of nitrogens with zero attached hydrogens (tertiary/aromatic N) is 1. The second kappa shape index (κ2) is 8.23. The van der Waals surface area contributed by atoms with E-state index in [2.05, 4.69) is 16.3 Å². The van der Waals surface area contributed by atoms with Crippen LogP contribution in [0.2, 0.25) is 0 Å². The van der Waals surface area contributed by atoms with E-state index in [4.69, 9.17) is 0 Å². The average Bonchev–Trinajstić information content (AvgIpc) is 2.63. The van der Waals surface area contributed by atoms with Gasteiger partial charge in [-0.15, -0.1) is 11.8 Å². The van der Waals surface area contributed by atoms with Crippen LogP contribution in [0.15, 0.2) is 59.5 Å². The van der Waals surface area contributed by atoms with Crippen molar-refractivity contribution in [3.05, 3.63) is 60.2 Å². The van der Waals surface area contributed by atoms with E-state index in [-0.39, 0.29) is 11.7 Å². The first-order valence-corrected chi connectivity index (χ1v) is 9.52. The number of para-hydroxylation sites is 1. The summed E-state index contributed by atoms with van der Waals surface area (Å²) in [5.41, 5.74) is 3.28. The molecule has 0 spiro atoms. The summed E-state index contributed by atoms with van der Waals surface area (Å²) in [4.78, 5) is 15.5. The number of rotatable bonds is 5. The lowest BCUT2D eigenvalue weighted by atomic mass is 9.99. The van der Waals surface area contributed by atoms with Crippen molar-refractivity contribution in [3.8, 4) is 5.75 Å². The van der Waals surface area contributed by atoms with Gasteiger partial charge in [-0.05, 0) is 48.1 Å². The van der Waals surface area contributed by atoms with Crippen LogP contribution in [-0.2, 0) is 4.79 Å². The molecule has 0 unspecified atom stereocenters. The van der Waals surface area contributed by atoms with E-state index in [0.717, 1.165) is 35.7 Å². The summed E-state index contributed by atoms with van der Waals surface area (Å²) >= 11 is 1.63. The predicted molar refractivity (Wildman–Crippen MR) is 104 cm³/mol. The second-order valence-corrected chi connectivity index (χ2v) is 6.86. The Morgan fingerprint density at radius 2 is 1.96 bits per heavy atom. The van der Waals surface area contributed by atoms with E-state index in [0.29, 0.717) is 6.54 Å². The highest BCUT2D eigenvalue weighted by atomic mass is 32.2. The van der Waals surface area contributed by atoms with Gasteiger partial charge in [0, 0.05) is 18.0 Å². The van der Waals surface area contributed by atoms with Gasteiger partial charge in [0.2, 0.25) is 5.91 Å². The number of benzene rings is 2. The number of carbonyl (C=O) groups excluding carboxylic acids is 1. The number of nitrogens with one attached hydrogen (secondary N) is 1. The van der Waals surface area contributed by atoms with Crippen molar-refractivity contribution >= 4 is 28.9 Å². The number of hydrogen-bond donors (Lipinski definition) is 2. The van der Waals surface area contributed by atoms with Crippen molar-refractivity contribution in [2.24, 2.45) is 0 Å². The molecule has 25 heavy (non-hydrogen) atoms. The Bertz CT molecular complexity index is 772. The summed E-state index contributed by atoms with van der Waals surface area (Å²) in [6.45, 7) is 2.00. The van der Waals surface area contributed by atoms with Crippen molar-refractivity contribution in [2.45, 2.75) is 11.3 Å². The van der Waals surface area contributed by atoms with Crippen molar-refractivity contribution in [2.75, 3.05) is 31.2 Å². The van der Waals surface area contributed by atoms with Gasteiger partial charge >= 0.3 is 0 Å². The summed E-state index contributed by atoms with van der Waals surface area (Å²) in [5, 5.41) is 12.4. The first-order valence-electron chi connectivity index (χ1n) is 8.29. The summed E-state index contributed by atoms with van der Waals surface area (Å²) in [7, 11) is 0. The van der Waals surface area contributed by atoms with E-state index in [1.54, 1.807) is 23.9 Å². The standard InChI is InChI=1S/C20H22N2O2S/c1-25-19-5-3-2-4-18(19)21-20(24)14-22-12-10-16(11-13-22)15-6-8-17(23)9-7-15/h2-10,23H,11-14H2,1H3,(H,21,24). The molecule has 4 nitrogen and oxygen atoms in total. The van der Waals surface area contributed by atoms with E-state index < -0.39 is 0 Å². The first-order chi connectivity index (χ1) is 12.2. The van der Waals surface area contributed by atoms with Gasteiger partial charge in [0.05, 0.1) is 12.2 Å². The molecule has 5 heteroatoms. The number of anilines is 1. The van der Waals surface area contributed by atoms with Gasteiger partial charge in [-0.25, -0.2) is 0 Å². The van der Waals surface area contributed by atoms with Gasteiger partial charge in [-0.1, -0.05) is 30.3 Å². The summed E-state index contributed by atoms with van der Waals surface area (Å²) < 4.78 is 0. The Morgan fingerprint density at radius 1 is 1.20 bits per heavy atom. The van der Waals surface area contributed by atoms with Crippen molar-refractivity contribution < 1.29 is 9.90 Å². The van der Waals surface area contributed by atoms with Crippen LogP contribution in [0.1, 0.15) is 12.0 Å². The normalized spacial score (nSPS) is 14.8.